The van der Waals surface area contributed by atoms with E-state index < -0.39 is 0 Å². The highest BCUT2D eigenvalue weighted by molar-refractivity contribution is 6.32. The van der Waals surface area contributed by atoms with Crippen molar-refractivity contribution in [1.82, 2.24) is 14.5 Å². The van der Waals surface area contributed by atoms with E-state index in [-0.39, 0.29) is 29.5 Å². The lowest BCUT2D eigenvalue weighted by Gasteiger charge is -2.37. The molecule has 1 N–H and O–H groups in total. The number of rotatable bonds is 5. The fourth-order valence-electron chi connectivity index (χ4n) is 6.21. The predicted octanol–water partition coefficient (Wildman–Crippen LogP) is 5.49. The van der Waals surface area contributed by atoms with Gasteiger partial charge in [0.25, 0.3) is 0 Å². The topological polar surface area (TPSA) is 102 Å². The molecule has 0 radical (unpaired) electrons. The highest BCUT2D eigenvalue weighted by Gasteiger charge is 2.39. The summed E-state index contributed by atoms with van der Waals surface area (Å²) in [5, 5.41) is 14.8. The Morgan fingerprint density at radius 1 is 1.18 bits per heavy atom. The van der Waals surface area contributed by atoms with E-state index in [4.69, 9.17) is 31.1 Å². The molecule has 1 aromatic carbocycles. The maximum Gasteiger partial charge on any atom is 0.227 e. The lowest BCUT2D eigenvalue weighted by molar-refractivity contribution is -0.120. The van der Waals surface area contributed by atoms with Crippen molar-refractivity contribution < 1.29 is 19.5 Å². The number of aliphatic hydroxyl groups excluding tert-OH is 1. The van der Waals surface area contributed by atoms with Crippen molar-refractivity contribution >= 4 is 40.1 Å². The Bertz CT molecular complexity index is 1450. The van der Waals surface area contributed by atoms with Crippen LogP contribution in [0.4, 0.5) is 5.69 Å². The number of ether oxygens (including phenoxy) is 1. The summed E-state index contributed by atoms with van der Waals surface area (Å²) in [5.41, 5.74) is 3.86. The highest BCUT2D eigenvalue weighted by atomic mass is 35.5. The molecule has 1 amide bonds. The molecule has 0 bridgehead atoms. The van der Waals surface area contributed by atoms with Crippen LogP contribution in [0, 0.1) is 0 Å². The van der Waals surface area contributed by atoms with E-state index >= 15 is 0 Å². The number of amides is 1. The van der Waals surface area contributed by atoms with Gasteiger partial charge in [-0.15, -0.1) is 0 Å². The molecule has 206 valence electrons. The van der Waals surface area contributed by atoms with Crippen molar-refractivity contribution in [3.8, 4) is 5.75 Å². The third-order valence-electron chi connectivity index (χ3n) is 8.74. The predicted molar refractivity (Wildman–Crippen MR) is 150 cm³/mol. The number of pyridine rings is 1. The van der Waals surface area contributed by atoms with E-state index in [0.29, 0.717) is 23.8 Å². The van der Waals surface area contributed by atoms with Gasteiger partial charge in [-0.3, -0.25) is 4.79 Å². The third-order valence-corrected chi connectivity index (χ3v) is 9.03. The quantitative estimate of drug-likeness (QED) is 0.450. The maximum atomic E-state index is 13.4. The first-order chi connectivity index (χ1) is 18.8. The van der Waals surface area contributed by atoms with E-state index in [1.54, 1.807) is 19.2 Å². The van der Waals surface area contributed by atoms with Crippen LogP contribution in [-0.2, 0) is 15.0 Å². The molecule has 39 heavy (non-hydrogen) atoms. The fraction of sp³-hybridized carbons (Fsp3) is 0.517. The van der Waals surface area contributed by atoms with Gasteiger partial charge >= 0.3 is 0 Å². The van der Waals surface area contributed by atoms with Gasteiger partial charge in [0.05, 0.1) is 35.4 Å². The number of aromatic nitrogens is 3. The Hall–Kier alpha value is -3.17. The molecule has 1 saturated heterocycles. The fourth-order valence-corrected chi connectivity index (χ4v) is 6.46. The average Bonchev–Trinajstić information content (AvgIpc) is 3.48. The molecule has 1 unspecified atom stereocenters. The number of anilines is 1. The molecule has 0 spiro atoms. The van der Waals surface area contributed by atoms with E-state index in [1.807, 2.05) is 24.1 Å². The number of piperidine rings is 1. The summed E-state index contributed by atoms with van der Waals surface area (Å²) in [4.78, 5) is 30.8. The van der Waals surface area contributed by atoms with Gasteiger partial charge < -0.3 is 24.1 Å². The minimum atomic E-state index is -0.368. The third kappa shape index (κ3) is 4.45. The summed E-state index contributed by atoms with van der Waals surface area (Å²) < 4.78 is 7.58. The first kappa shape index (κ1) is 26.1. The Morgan fingerprint density at radius 3 is 2.67 bits per heavy atom. The van der Waals surface area contributed by atoms with Crippen molar-refractivity contribution in [2.75, 3.05) is 18.6 Å². The van der Waals surface area contributed by atoms with Gasteiger partial charge in [0.15, 0.2) is 5.65 Å². The largest absolute Gasteiger partial charge is 0.495 e. The van der Waals surface area contributed by atoms with Crippen molar-refractivity contribution in [3.05, 3.63) is 46.9 Å². The van der Waals surface area contributed by atoms with Crippen LogP contribution in [0.1, 0.15) is 82.3 Å². The first-order valence-electron chi connectivity index (χ1n) is 13.7. The monoisotopic (exact) mass is 551 g/mol. The van der Waals surface area contributed by atoms with Crippen LogP contribution in [0.5, 0.6) is 5.75 Å². The van der Waals surface area contributed by atoms with Gasteiger partial charge in [-0.25, -0.2) is 9.97 Å². The number of fused-ring (bicyclic) bond motifs is 1. The van der Waals surface area contributed by atoms with E-state index in [2.05, 4.69) is 22.7 Å². The van der Waals surface area contributed by atoms with E-state index in [9.17, 15) is 9.90 Å². The molecular weight excluding hydrogens is 518 g/mol. The Morgan fingerprint density at radius 2 is 1.97 bits per heavy atom. The number of halogens is 1. The Balaban J connectivity index is 1.49. The summed E-state index contributed by atoms with van der Waals surface area (Å²) in [5.74, 6) is 1.44. The lowest BCUT2D eigenvalue weighted by Crippen LogP contribution is -2.40. The smallest absolute Gasteiger partial charge is 0.227 e. The maximum absolute atomic E-state index is 13.4. The van der Waals surface area contributed by atoms with Crippen LogP contribution in [-0.4, -0.2) is 51.1 Å². The first-order valence-corrected chi connectivity index (χ1v) is 14.1. The number of carbonyl (C=O) groups is 1. The number of aliphatic hydroxyl groups is 1. The molecule has 2 atom stereocenters. The summed E-state index contributed by atoms with van der Waals surface area (Å²) in [6, 6.07) is 7.43. The standard InChI is InChI=1S/C29H34ClN5O4/c1-17-29(2,16-39-33-17)18-13-23-27(31-15-18)35(19-7-10-21(36)11-8-19)28(32-23)24-5-4-6-26(37)34(24)20-9-12-25(38-3)22(30)14-20/h9,12-15,19,21,24,36H,4-8,10-11,16H2,1-3H3/t19?,21?,24-,29?/m0/s1. The van der Waals surface area contributed by atoms with E-state index in [0.717, 1.165) is 72.5 Å². The molecule has 3 aliphatic rings. The number of hydrogen-bond acceptors (Lipinski definition) is 7. The average molecular weight is 552 g/mol. The molecule has 4 heterocycles. The number of benzene rings is 1. The number of hydrogen-bond donors (Lipinski definition) is 1. The van der Waals surface area contributed by atoms with Gasteiger partial charge in [0, 0.05) is 24.3 Å². The van der Waals surface area contributed by atoms with Gasteiger partial charge in [-0.05, 0) is 82.2 Å². The lowest BCUT2D eigenvalue weighted by atomic mass is 9.81. The van der Waals surface area contributed by atoms with Crippen LogP contribution >= 0.6 is 11.6 Å². The minimum Gasteiger partial charge on any atom is -0.495 e. The van der Waals surface area contributed by atoms with Crippen molar-refractivity contribution in [3.63, 3.8) is 0 Å². The number of carbonyl (C=O) groups excluding carboxylic acids is 1. The second-order valence-electron chi connectivity index (χ2n) is 11.1. The van der Waals surface area contributed by atoms with Crippen molar-refractivity contribution in [1.29, 1.82) is 0 Å². The molecule has 2 aromatic heterocycles. The van der Waals surface area contributed by atoms with Crippen LogP contribution in [0.3, 0.4) is 0 Å². The molecule has 2 fully saturated rings. The molecule has 9 nitrogen and oxygen atoms in total. The zero-order valence-electron chi connectivity index (χ0n) is 22.6. The molecule has 3 aromatic rings. The highest BCUT2D eigenvalue weighted by Crippen LogP contribution is 2.42. The minimum absolute atomic E-state index is 0.0428. The van der Waals surface area contributed by atoms with Crippen LogP contribution in [0.15, 0.2) is 35.6 Å². The SMILES string of the molecule is COc1ccc(N2C(=O)CCC[C@H]2c2nc3cc(C4(C)CON=C4C)cnc3n2C2CCC(O)CC2)cc1Cl. The molecular formula is C29H34ClN5O4. The van der Waals surface area contributed by atoms with Gasteiger partial charge in [-0.1, -0.05) is 16.8 Å². The van der Waals surface area contributed by atoms with Crippen molar-refractivity contribution in [2.45, 2.75) is 82.4 Å². The molecule has 2 aliphatic heterocycles. The normalized spacial score (nSPS) is 27.5. The van der Waals surface area contributed by atoms with E-state index in [1.165, 1.54) is 0 Å². The second-order valence-corrected chi connectivity index (χ2v) is 11.5. The number of oxime groups is 1. The number of imidazole rings is 1. The van der Waals surface area contributed by atoms with Gasteiger partial charge in [0.2, 0.25) is 5.91 Å². The second kappa shape index (κ2) is 10.1. The summed E-state index contributed by atoms with van der Waals surface area (Å²) in [6.45, 7) is 4.54. The van der Waals surface area contributed by atoms with Gasteiger partial charge in [-0.2, -0.15) is 0 Å². The zero-order chi connectivity index (χ0) is 27.3. The molecule has 1 saturated carbocycles. The van der Waals surface area contributed by atoms with Crippen LogP contribution < -0.4 is 9.64 Å². The number of nitrogens with zero attached hydrogens (tertiary/aromatic N) is 5. The Kier molecular flexibility index (Phi) is 6.75. The summed E-state index contributed by atoms with van der Waals surface area (Å²) in [6.07, 6.45) is 6.77. The summed E-state index contributed by atoms with van der Waals surface area (Å²) in [7, 11) is 1.58. The molecule has 6 rings (SSSR count). The Labute approximate surface area is 232 Å². The number of methoxy groups -OCH3 is 1. The van der Waals surface area contributed by atoms with Gasteiger partial charge in [0.1, 0.15) is 23.7 Å². The van der Waals surface area contributed by atoms with Crippen LogP contribution in [0.25, 0.3) is 11.2 Å². The summed E-state index contributed by atoms with van der Waals surface area (Å²) >= 11 is 6.49. The van der Waals surface area contributed by atoms with Crippen molar-refractivity contribution in [2.24, 2.45) is 5.16 Å². The zero-order valence-corrected chi connectivity index (χ0v) is 23.3. The van der Waals surface area contributed by atoms with Crippen LogP contribution in [0.2, 0.25) is 5.02 Å². The molecule has 1 aliphatic carbocycles. The molecule has 10 heteroatoms.